The van der Waals surface area contributed by atoms with E-state index >= 15 is 0 Å². The molecule has 1 atom stereocenters. The Morgan fingerprint density at radius 2 is 1.90 bits per heavy atom. The first kappa shape index (κ1) is 14.6. The lowest BCUT2D eigenvalue weighted by molar-refractivity contribution is 0.627. The van der Waals surface area contributed by atoms with Crippen molar-refractivity contribution in [1.29, 1.82) is 0 Å². The van der Waals surface area contributed by atoms with E-state index in [4.69, 9.17) is 34.8 Å². The van der Waals surface area contributed by atoms with Crippen LogP contribution in [0.1, 0.15) is 18.1 Å². The average molecular weight is 344 g/mol. The second kappa shape index (κ2) is 5.48. The summed E-state index contributed by atoms with van der Waals surface area (Å²) in [7, 11) is 0. The number of nitrogens with zero attached hydrogens (tertiary/aromatic N) is 2. The highest BCUT2D eigenvalue weighted by Gasteiger charge is 2.18. The average Bonchev–Trinajstić information content (AvgIpc) is 2.83. The first-order valence-electron chi connectivity index (χ1n) is 6.25. The van der Waals surface area contributed by atoms with E-state index < -0.39 is 5.82 Å². The number of benzene rings is 2. The monoisotopic (exact) mass is 342 g/mol. The summed E-state index contributed by atoms with van der Waals surface area (Å²) in [6, 6.07) is 9.91. The van der Waals surface area contributed by atoms with Gasteiger partial charge in [-0.25, -0.2) is 9.37 Å². The molecule has 0 fully saturated rings. The van der Waals surface area contributed by atoms with Gasteiger partial charge in [0.1, 0.15) is 11.6 Å². The van der Waals surface area contributed by atoms with Gasteiger partial charge < -0.3 is 0 Å². The van der Waals surface area contributed by atoms with Crippen molar-refractivity contribution in [3.05, 3.63) is 58.1 Å². The molecule has 0 saturated carbocycles. The van der Waals surface area contributed by atoms with E-state index in [0.29, 0.717) is 16.5 Å². The molecule has 3 rings (SSSR count). The number of alkyl halides is 1. The molecular weight excluding hydrogens is 334 g/mol. The first-order valence-corrected chi connectivity index (χ1v) is 7.44. The van der Waals surface area contributed by atoms with Gasteiger partial charge in [0.05, 0.1) is 26.5 Å². The Labute approximate surface area is 136 Å². The molecule has 1 unspecified atom stereocenters. The number of halogens is 4. The van der Waals surface area contributed by atoms with Gasteiger partial charge in [-0.1, -0.05) is 29.3 Å². The summed E-state index contributed by atoms with van der Waals surface area (Å²) in [6.45, 7) is 1.82. The second-order valence-electron chi connectivity index (χ2n) is 4.63. The van der Waals surface area contributed by atoms with Crippen LogP contribution in [0.25, 0.3) is 16.7 Å². The van der Waals surface area contributed by atoms with Crippen LogP contribution >= 0.6 is 34.8 Å². The van der Waals surface area contributed by atoms with Crippen molar-refractivity contribution < 1.29 is 4.39 Å². The van der Waals surface area contributed by atoms with Crippen LogP contribution in [0.5, 0.6) is 0 Å². The van der Waals surface area contributed by atoms with Crippen LogP contribution in [0.15, 0.2) is 36.4 Å². The summed E-state index contributed by atoms with van der Waals surface area (Å²) in [5.41, 5.74) is 2.12. The third-order valence-electron chi connectivity index (χ3n) is 3.17. The second-order valence-corrected chi connectivity index (χ2v) is 6.10. The maximum atomic E-state index is 13.4. The summed E-state index contributed by atoms with van der Waals surface area (Å²) < 4.78 is 15.2. The SMILES string of the molecule is CC(Cl)c1nc2cccc(Cl)c2n1-c1ccc(F)c(Cl)c1. The van der Waals surface area contributed by atoms with Crippen molar-refractivity contribution in [2.75, 3.05) is 0 Å². The van der Waals surface area contributed by atoms with Crippen LogP contribution < -0.4 is 0 Å². The molecule has 0 bridgehead atoms. The zero-order valence-corrected chi connectivity index (χ0v) is 13.2. The van der Waals surface area contributed by atoms with Crippen LogP contribution in [0.3, 0.4) is 0 Å². The zero-order chi connectivity index (χ0) is 15.1. The van der Waals surface area contributed by atoms with Gasteiger partial charge in [-0.05, 0) is 37.3 Å². The summed E-state index contributed by atoms with van der Waals surface area (Å²) in [6.07, 6.45) is 0. The minimum absolute atomic E-state index is 0.0366. The standard InChI is InChI=1S/C15H10Cl3FN2/c1-8(16)15-20-13-4-2-3-10(17)14(13)21(15)9-5-6-12(19)11(18)7-9/h2-8H,1H3. The van der Waals surface area contributed by atoms with Gasteiger partial charge in [0.2, 0.25) is 0 Å². The van der Waals surface area contributed by atoms with E-state index in [1.165, 1.54) is 12.1 Å². The van der Waals surface area contributed by atoms with E-state index in [1.54, 1.807) is 16.7 Å². The summed E-state index contributed by atoms with van der Waals surface area (Å²) in [5.74, 6) is 0.152. The molecule has 0 aliphatic carbocycles. The third-order valence-corrected chi connectivity index (χ3v) is 3.96. The molecule has 3 aromatic rings. The maximum Gasteiger partial charge on any atom is 0.141 e. The van der Waals surface area contributed by atoms with E-state index in [0.717, 1.165) is 11.0 Å². The topological polar surface area (TPSA) is 17.8 Å². The van der Waals surface area contributed by atoms with Gasteiger partial charge in [0, 0.05) is 5.69 Å². The number of rotatable bonds is 2. The molecule has 0 amide bonds. The zero-order valence-electron chi connectivity index (χ0n) is 10.9. The van der Waals surface area contributed by atoms with E-state index in [-0.39, 0.29) is 10.4 Å². The molecule has 1 heterocycles. The van der Waals surface area contributed by atoms with Crippen molar-refractivity contribution in [2.24, 2.45) is 0 Å². The molecule has 0 aliphatic heterocycles. The van der Waals surface area contributed by atoms with E-state index in [2.05, 4.69) is 4.98 Å². The molecule has 21 heavy (non-hydrogen) atoms. The van der Waals surface area contributed by atoms with Crippen molar-refractivity contribution in [1.82, 2.24) is 9.55 Å². The Balaban J connectivity index is 2.38. The molecule has 2 nitrogen and oxygen atoms in total. The normalized spacial score (nSPS) is 12.8. The number of hydrogen-bond acceptors (Lipinski definition) is 1. The highest BCUT2D eigenvalue weighted by atomic mass is 35.5. The molecule has 0 spiro atoms. The van der Waals surface area contributed by atoms with Crippen molar-refractivity contribution in [2.45, 2.75) is 12.3 Å². The van der Waals surface area contributed by atoms with Gasteiger partial charge in [0.15, 0.2) is 0 Å². The van der Waals surface area contributed by atoms with Crippen LogP contribution in [0, 0.1) is 5.82 Å². The van der Waals surface area contributed by atoms with Crippen LogP contribution in [-0.4, -0.2) is 9.55 Å². The Morgan fingerprint density at radius 3 is 2.57 bits per heavy atom. The Hall–Kier alpha value is -1.29. The lowest BCUT2D eigenvalue weighted by atomic mass is 10.2. The van der Waals surface area contributed by atoms with Crippen LogP contribution in [-0.2, 0) is 0 Å². The molecule has 2 aromatic carbocycles. The van der Waals surface area contributed by atoms with Crippen LogP contribution in [0.2, 0.25) is 10.0 Å². The van der Waals surface area contributed by atoms with Crippen molar-refractivity contribution >= 4 is 45.8 Å². The molecule has 0 saturated heterocycles. The van der Waals surface area contributed by atoms with Gasteiger partial charge in [-0.3, -0.25) is 4.57 Å². The predicted octanol–water partition coefficient (Wildman–Crippen LogP) is 5.77. The van der Waals surface area contributed by atoms with Crippen molar-refractivity contribution in [3.8, 4) is 5.69 Å². The third kappa shape index (κ3) is 2.50. The van der Waals surface area contributed by atoms with Crippen molar-refractivity contribution in [3.63, 3.8) is 0 Å². The van der Waals surface area contributed by atoms with E-state index in [9.17, 15) is 4.39 Å². The largest absolute Gasteiger partial charge is 0.294 e. The maximum absolute atomic E-state index is 13.4. The molecular formula is C15H10Cl3FN2. The highest BCUT2D eigenvalue weighted by Crippen LogP contribution is 2.33. The number of para-hydroxylation sites is 1. The first-order chi connectivity index (χ1) is 9.99. The summed E-state index contributed by atoms with van der Waals surface area (Å²) in [5, 5.41) is 0.246. The predicted molar refractivity (Wildman–Crippen MR) is 85.3 cm³/mol. The summed E-state index contributed by atoms with van der Waals surface area (Å²) >= 11 is 18.4. The van der Waals surface area contributed by atoms with Gasteiger partial charge in [0.25, 0.3) is 0 Å². The molecule has 0 aliphatic rings. The number of aromatic nitrogens is 2. The smallest absolute Gasteiger partial charge is 0.141 e. The lowest BCUT2D eigenvalue weighted by Gasteiger charge is -2.12. The molecule has 0 N–H and O–H groups in total. The van der Waals surface area contributed by atoms with E-state index in [1.807, 2.05) is 19.1 Å². The molecule has 6 heteroatoms. The Bertz CT molecular complexity index is 827. The molecule has 1 aromatic heterocycles. The van der Waals surface area contributed by atoms with Gasteiger partial charge >= 0.3 is 0 Å². The Kier molecular flexibility index (Phi) is 3.82. The highest BCUT2D eigenvalue weighted by molar-refractivity contribution is 6.35. The minimum Gasteiger partial charge on any atom is -0.294 e. The number of imidazole rings is 1. The fourth-order valence-electron chi connectivity index (χ4n) is 2.26. The van der Waals surface area contributed by atoms with Crippen LogP contribution in [0.4, 0.5) is 4.39 Å². The fraction of sp³-hybridized carbons (Fsp3) is 0.133. The number of fused-ring (bicyclic) bond motifs is 1. The quantitative estimate of drug-likeness (QED) is 0.540. The fourth-order valence-corrected chi connectivity index (χ4v) is 2.83. The lowest BCUT2D eigenvalue weighted by Crippen LogP contribution is -2.02. The van der Waals surface area contributed by atoms with Gasteiger partial charge in [-0.2, -0.15) is 0 Å². The molecule has 108 valence electrons. The molecule has 0 radical (unpaired) electrons. The number of hydrogen-bond donors (Lipinski definition) is 0. The summed E-state index contributed by atoms with van der Waals surface area (Å²) in [4.78, 5) is 4.51. The Morgan fingerprint density at radius 1 is 1.14 bits per heavy atom. The minimum atomic E-state index is -0.476. The van der Waals surface area contributed by atoms with Gasteiger partial charge in [-0.15, -0.1) is 11.6 Å².